The first kappa shape index (κ1) is 8.34. The lowest BCUT2D eigenvalue weighted by Crippen LogP contribution is -1.97. The van der Waals surface area contributed by atoms with Gasteiger partial charge in [0.15, 0.2) is 0 Å². The van der Waals surface area contributed by atoms with Gasteiger partial charge in [-0.05, 0) is 27.6 Å². The summed E-state index contributed by atoms with van der Waals surface area (Å²) in [6.45, 7) is 0. The molecule has 0 fully saturated rings. The Bertz CT molecular complexity index is 241. The van der Waals surface area contributed by atoms with Crippen LogP contribution in [0.4, 0.5) is 0 Å². The topological polar surface area (TPSA) is 12.0 Å². The van der Waals surface area contributed by atoms with Crippen molar-refractivity contribution in [1.82, 2.24) is 5.32 Å². The van der Waals surface area contributed by atoms with Crippen LogP contribution in [0.1, 0.15) is 5.56 Å². The van der Waals surface area contributed by atoms with Gasteiger partial charge in [-0.25, -0.2) is 0 Å². The first-order valence-corrected chi connectivity index (χ1v) is 4.22. The van der Waals surface area contributed by atoms with Crippen LogP contribution in [0, 0.1) is 0 Å². The van der Waals surface area contributed by atoms with Crippen molar-refractivity contribution in [2.24, 2.45) is 0 Å². The van der Waals surface area contributed by atoms with E-state index in [1.165, 1.54) is 5.56 Å². The highest BCUT2D eigenvalue weighted by atomic mass is 79.9. The summed E-state index contributed by atoms with van der Waals surface area (Å²) < 4.78 is 0.990. The van der Waals surface area contributed by atoms with Crippen molar-refractivity contribution < 1.29 is 0 Å². The Labute approximate surface area is 75.3 Å². The van der Waals surface area contributed by atoms with Gasteiger partial charge in [0.2, 0.25) is 0 Å². The van der Waals surface area contributed by atoms with Gasteiger partial charge in [0.25, 0.3) is 0 Å². The van der Waals surface area contributed by atoms with Crippen molar-refractivity contribution in [3.8, 4) is 0 Å². The third-order valence-corrected chi connectivity index (χ3v) is 1.96. The van der Waals surface area contributed by atoms with E-state index in [9.17, 15) is 0 Å². The van der Waals surface area contributed by atoms with E-state index >= 15 is 0 Å². The summed E-state index contributed by atoms with van der Waals surface area (Å²) in [5.74, 6) is 0. The van der Waals surface area contributed by atoms with Gasteiger partial charge in [-0.1, -0.05) is 30.3 Å². The Hall–Kier alpha value is -0.760. The molecule has 11 heavy (non-hydrogen) atoms. The SMILES string of the molecule is CN/C(Br)=C/c1ccccc1. The Morgan fingerprint density at radius 3 is 2.55 bits per heavy atom. The highest BCUT2D eigenvalue weighted by Crippen LogP contribution is 2.07. The molecule has 1 rings (SSSR count). The Balaban J connectivity index is 2.79. The fourth-order valence-electron chi connectivity index (χ4n) is 0.768. The molecule has 0 amide bonds. The predicted octanol–water partition coefficient (Wildman–Crippen LogP) is 2.60. The fourth-order valence-corrected chi connectivity index (χ4v) is 1.03. The van der Waals surface area contributed by atoms with Gasteiger partial charge in [0.1, 0.15) is 0 Å². The van der Waals surface area contributed by atoms with E-state index in [1.807, 2.05) is 31.3 Å². The summed E-state index contributed by atoms with van der Waals surface area (Å²) in [5, 5.41) is 2.99. The number of rotatable bonds is 2. The minimum atomic E-state index is 0.990. The zero-order chi connectivity index (χ0) is 8.10. The molecule has 0 saturated carbocycles. The third kappa shape index (κ3) is 2.76. The number of hydrogen-bond acceptors (Lipinski definition) is 1. The maximum atomic E-state index is 3.36. The van der Waals surface area contributed by atoms with Gasteiger partial charge < -0.3 is 5.32 Å². The molecule has 0 aliphatic carbocycles. The van der Waals surface area contributed by atoms with E-state index in [1.54, 1.807) is 0 Å². The summed E-state index contributed by atoms with van der Waals surface area (Å²) in [4.78, 5) is 0. The van der Waals surface area contributed by atoms with E-state index in [2.05, 4.69) is 33.4 Å². The summed E-state index contributed by atoms with van der Waals surface area (Å²) in [6, 6.07) is 10.1. The van der Waals surface area contributed by atoms with E-state index in [0.29, 0.717) is 0 Å². The number of benzene rings is 1. The lowest BCUT2D eigenvalue weighted by Gasteiger charge is -1.96. The quantitative estimate of drug-likeness (QED) is 0.743. The van der Waals surface area contributed by atoms with Gasteiger partial charge in [0.05, 0.1) is 4.61 Å². The van der Waals surface area contributed by atoms with Gasteiger partial charge in [-0.15, -0.1) is 0 Å². The second kappa shape index (κ2) is 4.19. The van der Waals surface area contributed by atoms with Crippen molar-refractivity contribution in [1.29, 1.82) is 0 Å². The standard InChI is InChI=1S/C9H10BrN/c1-11-9(10)7-8-5-3-2-4-6-8/h2-7,11H,1H3/b9-7+. The first-order chi connectivity index (χ1) is 5.33. The minimum absolute atomic E-state index is 0.990. The monoisotopic (exact) mass is 211 g/mol. The molecule has 0 aliphatic rings. The Morgan fingerprint density at radius 1 is 1.36 bits per heavy atom. The molecule has 0 atom stereocenters. The van der Waals surface area contributed by atoms with Crippen LogP contribution in [0.5, 0.6) is 0 Å². The average molecular weight is 212 g/mol. The van der Waals surface area contributed by atoms with Crippen molar-refractivity contribution >= 4 is 22.0 Å². The fraction of sp³-hybridized carbons (Fsp3) is 0.111. The molecule has 1 aromatic carbocycles. The van der Waals surface area contributed by atoms with Gasteiger partial charge >= 0.3 is 0 Å². The van der Waals surface area contributed by atoms with Crippen LogP contribution in [-0.2, 0) is 0 Å². The molecule has 1 aromatic rings. The third-order valence-electron chi connectivity index (χ3n) is 1.33. The van der Waals surface area contributed by atoms with Crippen molar-refractivity contribution in [2.75, 3.05) is 7.05 Å². The summed E-state index contributed by atoms with van der Waals surface area (Å²) >= 11 is 3.36. The maximum absolute atomic E-state index is 3.36. The van der Waals surface area contributed by atoms with Crippen LogP contribution in [0.25, 0.3) is 6.08 Å². The summed E-state index contributed by atoms with van der Waals surface area (Å²) in [7, 11) is 1.88. The molecule has 0 spiro atoms. The molecule has 1 N–H and O–H groups in total. The molecule has 0 bridgehead atoms. The van der Waals surface area contributed by atoms with E-state index < -0.39 is 0 Å². The van der Waals surface area contributed by atoms with E-state index in [-0.39, 0.29) is 0 Å². The summed E-state index contributed by atoms with van der Waals surface area (Å²) in [6.07, 6.45) is 2.03. The molecular formula is C9H10BrN. The second-order valence-electron chi connectivity index (χ2n) is 2.15. The predicted molar refractivity (Wildman–Crippen MR) is 52.4 cm³/mol. The van der Waals surface area contributed by atoms with Crippen LogP contribution in [0.15, 0.2) is 34.9 Å². The minimum Gasteiger partial charge on any atom is -0.382 e. The van der Waals surface area contributed by atoms with Crippen molar-refractivity contribution in [2.45, 2.75) is 0 Å². The Morgan fingerprint density at radius 2 is 2.00 bits per heavy atom. The van der Waals surface area contributed by atoms with E-state index in [0.717, 1.165) is 4.61 Å². The van der Waals surface area contributed by atoms with Crippen LogP contribution >= 0.6 is 15.9 Å². The molecule has 0 saturated heterocycles. The smallest absolute Gasteiger partial charge is 0.0783 e. The number of hydrogen-bond donors (Lipinski definition) is 1. The maximum Gasteiger partial charge on any atom is 0.0783 e. The molecule has 0 heterocycles. The molecule has 0 radical (unpaired) electrons. The number of nitrogens with one attached hydrogen (secondary N) is 1. The van der Waals surface area contributed by atoms with Crippen LogP contribution in [0.3, 0.4) is 0 Å². The molecule has 2 heteroatoms. The highest BCUT2D eigenvalue weighted by molar-refractivity contribution is 9.11. The largest absolute Gasteiger partial charge is 0.382 e. The van der Waals surface area contributed by atoms with E-state index in [4.69, 9.17) is 0 Å². The highest BCUT2D eigenvalue weighted by Gasteiger charge is 1.86. The summed E-state index contributed by atoms with van der Waals surface area (Å²) in [5.41, 5.74) is 1.19. The molecular weight excluding hydrogens is 202 g/mol. The molecule has 0 aliphatic heterocycles. The van der Waals surface area contributed by atoms with Crippen molar-refractivity contribution in [3.05, 3.63) is 40.5 Å². The Kier molecular flexibility index (Phi) is 3.17. The number of halogens is 1. The van der Waals surface area contributed by atoms with Crippen LogP contribution < -0.4 is 5.32 Å². The molecule has 0 aromatic heterocycles. The van der Waals surface area contributed by atoms with Crippen LogP contribution in [0.2, 0.25) is 0 Å². The lowest BCUT2D eigenvalue weighted by molar-refractivity contribution is 1.09. The van der Waals surface area contributed by atoms with Gasteiger partial charge in [-0.2, -0.15) is 0 Å². The van der Waals surface area contributed by atoms with Crippen LogP contribution in [-0.4, -0.2) is 7.05 Å². The lowest BCUT2D eigenvalue weighted by atomic mass is 10.2. The zero-order valence-corrected chi connectivity index (χ0v) is 7.93. The first-order valence-electron chi connectivity index (χ1n) is 3.43. The molecule has 1 nitrogen and oxygen atoms in total. The van der Waals surface area contributed by atoms with Crippen molar-refractivity contribution in [3.63, 3.8) is 0 Å². The van der Waals surface area contributed by atoms with Gasteiger partial charge in [-0.3, -0.25) is 0 Å². The zero-order valence-electron chi connectivity index (χ0n) is 6.34. The van der Waals surface area contributed by atoms with Gasteiger partial charge in [0, 0.05) is 7.05 Å². The normalized spacial score (nSPS) is 11.3. The molecule has 58 valence electrons. The average Bonchev–Trinajstić information content (AvgIpc) is 2.06. The molecule has 0 unspecified atom stereocenters. The second-order valence-corrected chi connectivity index (χ2v) is 3.01.